The number of aromatic hydroxyl groups is 2. The van der Waals surface area contributed by atoms with E-state index in [4.69, 9.17) is 0 Å². The Kier molecular flexibility index (Phi) is 6.99. The van der Waals surface area contributed by atoms with Crippen molar-refractivity contribution >= 4 is 0 Å². The molecular weight excluding hydrogens is 264 g/mol. The second-order valence-electron chi connectivity index (χ2n) is 5.98. The van der Waals surface area contributed by atoms with Gasteiger partial charge in [-0.05, 0) is 33.0 Å². The molecule has 21 heavy (non-hydrogen) atoms. The normalized spacial score (nSPS) is 14.6. The van der Waals surface area contributed by atoms with Crippen LogP contribution in [-0.4, -0.2) is 41.8 Å². The fourth-order valence-corrected chi connectivity index (χ4v) is 2.91. The Labute approximate surface area is 128 Å². The molecule has 0 spiro atoms. The van der Waals surface area contributed by atoms with Crippen LogP contribution in [0.25, 0.3) is 0 Å². The maximum atomic E-state index is 9.93. The summed E-state index contributed by atoms with van der Waals surface area (Å²) in [5, 5.41) is 22.8. The van der Waals surface area contributed by atoms with Crippen molar-refractivity contribution in [3.63, 3.8) is 0 Å². The predicted molar refractivity (Wildman–Crippen MR) is 87.7 cm³/mol. The fraction of sp³-hybridized carbons (Fsp3) is 0.647. The Morgan fingerprint density at radius 3 is 2.24 bits per heavy atom. The molecule has 0 aliphatic rings. The summed E-state index contributed by atoms with van der Waals surface area (Å²) >= 11 is 0. The molecule has 0 heterocycles. The van der Waals surface area contributed by atoms with Gasteiger partial charge in [0.2, 0.25) is 0 Å². The van der Waals surface area contributed by atoms with Crippen LogP contribution in [0.2, 0.25) is 0 Å². The first-order valence-electron chi connectivity index (χ1n) is 7.82. The summed E-state index contributed by atoms with van der Waals surface area (Å²) in [6.07, 6.45) is 2.33. The van der Waals surface area contributed by atoms with E-state index in [1.54, 1.807) is 12.1 Å². The molecule has 2 atom stereocenters. The van der Waals surface area contributed by atoms with E-state index in [1.165, 1.54) is 18.9 Å². The van der Waals surface area contributed by atoms with E-state index < -0.39 is 0 Å². The lowest BCUT2D eigenvalue weighted by molar-refractivity contribution is 0.190. The molecule has 4 nitrogen and oxygen atoms in total. The van der Waals surface area contributed by atoms with E-state index in [0.717, 1.165) is 12.1 Å². The summed E-state index contributed by atoms with van der Waals surface area (Å²) in [5.74, 6) is 0.888. The van der Waals surface area contributed by atoms with E-state index in [9.17, 15) is 10.2 Å². The predicted octanol–water partition coefficient (Wildman–Crippen LogP) is 3.11. The Morgan fingerprint density at radius 2 is 1.76 bits per heavy atom. The van der Waals surface area contributed by atoms with Crippen LogP contribution in [0, 0.1) is 5.92 Å². The molecule has 2 unspecified atom stereocenters. The van der Waals surface area contributed by atoms with Gasteiger partial charge in [-0.3, -0.25) is 0 Å². The smallest absolute Gasteiger partial charge is 0.124 e. The quantitative estimate of drug-likeness (QED) is 0.689. The second kappa shape index (κ2) is 8.25. The molecule has 0 saturated heterocycles. The minimum atomic E-state index is 0.0439. The molecule has 1 aromatic carbocycles. The third-order valence-corrected chi connectivity index (χ3v) is 4.37. The van der Waals surface area contributed by atoms with Crippen LogP contribution in [0.15, 0.2) is 18.2 Å². The minimum absolute atomic E-state index is 0.0439. The summed E-state index contributed by atoms with van der Waals surface area (Å²) < 4.78 is 0. The van der Waals surface area contributed by atoms with Crippen LogP contribution in [0.4, 0.5) is 0 Å². The summed E-state index contributed by atoms with van der Waals surface area (Å²) in [7, 11) is 4.24. The third-order valence-electron chi connectivity index (χ3n) is 4.37. The molecule has 0 aliphatic heterocycles. The van der Waals surface area contributed by atoms with Crippen molar-refractivity contribution in [2.75, 3.05) is 20.6 Å². The molecule has 1 aromatic rings. The van der Waals surface area contributed by atoms with E-state index in [-0.39, 0.29) is 17.5 Å². The fourth-order valence-electron chi connectivity index (χ4n) is 2.91. The van der Waals surface area contributed by atoms with Crippen LogP contribution < -0.4 is 5.32 Å². The minimum Gasteiger partial charge on any atom is -0.508 e. The lowest BCUT2D eigenvalue weighted by Crippen LogP contribution is -2.43. The van der Waals surface area contributed by atoms with Crippen molar-refractivity contribution in [3.05, 3.63) is 23.8 Å². The van der Waals surface area contributed by atoms with E-state index in [1.807, 2.05) is 6.92 Å². The molecule has 0 saturated carbocycles. The zero-order chi connectivity index (χ0) is 16.0. The van der Waals surface area contributed by atoms with E-state index >= 15 is 0 Å². The molecule has 0 amide bonds. The highest BCUT2D eigenvalue weighted by Gasteiger charge is 2.21. The number of phenolic OH excluding ortho intramolecular Hbond substituents is 2. The van der Waals surface area contributed by atoms with Crippen LogP contribution in [0.3, 0.4) is 0 Å². The average Bonchev–Trinajstić information content (AvgIpc) is 2.42. The zero-order valence-electron chi connectivity index (χ0n) is 13.9. The third kappa shape index (κ3) is 4.90. The Balaban J connectivity index is 2.71. The van der Waals surface area contributed by atoms with Crippen molar-refractivity contribution < 1.29 is 10.2 Å². The Hall–Kier alpha value is -1.26. The first kappa shape index (κ1) is 17.8. The van der Waals surface area contributed by atoms with E-state index in [0.29, 0.717) is 12.0 Å². The SMILES string of the molecule is CCC(CC)C(CNC(C)c1ccc(O)cc1O)N(C)C. The highest BCUT2D eigenvalue weighted by Crippen LogP contribution is 2.28. The van der Waals surface area contributed by atoms with E-state index in [2.05, 4.69) is 38.2 Å². The number of hydrogen-bond acceptors (Lipinski definition) is 4. The standard InChI is InChI=1S/C17H30N2O2/c1-6-13(7-2)16(19(4)5)11-18-12(3)15-9-8-14(20)10-17(15)21/h8-10,12-13,16,18,20-21H,6-7,11H2,1-5H3. The highest BCUT2D eigenvalue weighted by molar-refractivity contribution is 5.40. The van der Waals surface area contributed by atoms with Crippen molar-refractivity contribution in [2.24, 2.45) is 5.92 Å². The first-order valence-corrected chi connectivity index (χ1v) is 7.82. The van der Waals surface area contributed by atoms with Crippen LogP contribution in [-0.2, 0) is 0 Å². The zero-order valence-corrected chi connectivity index (χ0v) is 13.9. The van der Waals surface area contributed by atoms with Crippen LogP contribution >= 0.6 is 0 Å². The Morgan fingerprint density at radius 1 is 1.14 bits per heavy atom. The molecular formula is C17H30N2O2. The van der Waals surface area contributed by atoms with Gasteiger partial charge >= 0.3 is 0 Å². The van der Waals surface area contributed by atoms with Gasteiger partial charge in [0, 0.05) is 30.3 Å². The van der Waals surface area contributed by atoms with Crippen molar-refractivity contribution in [1.29, 1.82) is 0 Å². The molecule has 0 fully saturated rings. The van der Waals surface area contributed by atoms with Gasteiger partial charge in [-0.1, -0.05) is 32.8 Å². The van der Waals surface area contributed by atoms with Gasteiger partial charge in [-0.15, -0.1) is 0 Å². The van der Waals surface area contributed by atoms with Gasteiger partial charge in [-0.2, -0.15) is 0 Å². The molecule has 0 radical (unpaired) electrons. The van der Waals surface area contributed by atoms with Crippen molar-refractivity contribution in [2.45, 2.75) is 45.7 Å². The van der Waals surface area contributed by atoms with Crippen molar-refractivity contribution in [3.8, 4) is 11.5 Å². The topological polar surface area (TPSA) is 55.7 Å². The molecule has 4 heteroatoms. The molecule has 120 valence electrons. The molecule has 0 bridgehead atoms. The molecule has 3 N–H and O–H groups in total. The monoisotopic (exact) mass is 294 g/mol. The molecule has 0 aliphatic carbocycles. The number of nitrogens with zero attached hydrogens (tertiary/aromatic N) is 1. The molecule has 0 aromatic heterocycles. The van der Waals surface area contributed by atoms with Crippen molar-refractivity contribution in [1.82, 2.24) is 10.2 Å². The lowest BCUT2D eigenvalue weighted by Gasteiger charge is -2.32. The summed E-state index contributed by atoms with van der Waals surface area (Å²) in [4.78, 5) is 2.27. The van der Waals surface area contributed by atoms with Gasteiger partial charge in [0.15, 0.2) is 0 Å². The number of phenols is 2. The average molecular weight is 294 g/mol. The largest absolute Gasteiger partial charge is 0.508 e. The number of rotatable bonds is 8. The lowest BCUT2D eigenvalue weighted by atomic mass is 9.93. The first-order chi connectivity index (χ1) is 9.90. The summed E-state index contributed by atoms with van der Waals surface area (Å²) in [5.41, 5.74) is 0.815. The van der Waals surface area contributed by atoms with Gasteiger partial charge in [-0.25, -0.2) is 0 Å². The van der Waals surface area contributed by atoms with Gasteiger partial charge in [0.05, 0.1) is 0 Å². The van der Waals surface area contributed by atoms with Crippen LogP contribution in [0.1, 0.15) is 45.2 Å². The van der Waals surface area contributed by atoms with Gasteiger partial charge in [0.1, 0.15) is 11.5 Å². The number of hydrogen-bond donors (Lipinski definition) is 3. The summed E-state index contributed by atoms with van der Waals surface area (Å²) in [6, 6.07) is 5.28. The maximum absolute atomic E-state index is 9.93. The highest BCUT2D eigenvalue weighted by atomic mass is 16.3. The second-order valence-corrected chi connectivity index (χ2v) is 5.98. The number of likely N-dealkylation sites (N-methyl/N-ethyl adjacent to an activating group) is 1. The molecule has 1 rings (SSSR count). The summed E-state index contributed by atoms with van der Waals surface area (Å²) in [6.45, 7) is 7.38. The maximum Gasteiger partial charge on any atom is 0.124 e. The van der Waals surface area contributed by atoms with Gasteiger partial charge in [0.25, 0.3) is 0 Å². The van der Waals surface area contributed by atoms with Crippen LogP contribution in [0.5, 0.6) is 11.5 Å². The number of benzene rings is 1. The Bertz CT molecular complexity index is 431. The number of nitrogens with one attached hydrogen (secondary N) is 1. The van der Waals surface area contributed by atoms with Gasteiger partial charge < -0.3 is 20.4 Å².